The van der Waals surface area contributed by atoms with E-state index >= 15 is 0 Å². The Kier molecular flexibility index (Phi) is 2.09. The van der Waals surface area contributed by atoms with E-state index in [2.05, 4.69) is 9.97 Å². The minimum Gasteiger partial charge on any atom is -0.507 e. The van der Waals surface area contributed by atoms with Gasteiger partial charge in [-0.1, -0.05) is 11.6 Å². The fourth-order valence-electron chi connectivity index (χ4n) is 1.14. The molecule has 0 fully saturated rings. The molecule has 0 saturated heterocycles. The highest BCUT2D eigenvalue weighted by molar-refractivity contribution is 6.36. The third kappa shape index (κ3) is 1.32. The maximum Gasteiger partial charge on any atom is 0.224 e. The number of aromatic nitrogens is 2. The summed E-state index contributed by atoms with van der Waals surface area (Å²) in [7, 11) is 0. The summed E-state index contributed by atoms with van der Waals surface area (Å²) >= 11 is 11.3. The first-order valence-corrected chi connectivity index (χ1v) is 4.39. The largest absolute Gasteiger partial charge is 0.507 e. The molecule has 0 amide bonds. The van der Waals surface area contributed by atoms with Crippen molar-refractivity contribution in [1.29, 1.82) is 0 Å². The summed E-state index contributed by atoms with van der Waals surface area (Å²) < 4.78 is 0. The topological polar surface area (TPSA) is 66.2 Å². The Labute approximate surface area is 88.7 Å². The van der Waals surface area contributed by atoms with Crippen LogP contribution >= 0.6 is 23.2 Å². The van der Waals surface area contributed by atoms with E-state index in [0.717, 1.165) is 0 Å². The van der Waals surface area contributed by atoms with Crippen molar-refractivity contribution in [3.05, 3.63) is 22.6 Å². The third-order valence-corrected chi connectivity index (χ3v) is 2.18. The average molecular weight is 231 g/mol. The summed E-state index contributed by atoms with van der Waals surface area (Å²) in [5.74, 6) is -0.205. The number of benzene rings is 1. The zero-order chi connectivity index (χ0) is 10.3. The van der Waals surface area contributed by atoms with Crippen LogP contribution < -0.4 is 0 Å². The summed E-state index contributed by atoms with van der Waals surface area (Å²) in [5, 5.41) is 19.0. The second-order valence-corrected chi connectivity index (χ2v) is 3.31. The molecule has 1 aromatic heterocycles. The number of fused-ring (bicyclic) bond motifs is 1. The van der Waals surface area contributed by atoms with Crippen molar-refractivity contribution in [3.8, 4) is 11.5 Å². The Morgan fingerprint density at radius 1 is 1.00 bits per heavy atom. The molecule has 1 heterocycles. The van der Waals surface area contributed by atoms with Crippen LogP contribution in [0.2, 0.25) is 10.4 Å². The van der Waals surface area contributed by atoms with E-state index in [0.29, 0.717) is 0 Å². The highest BCUT2D eigenvalue weighted by Gasteiger charge is 2.12. The Morgan fingerprint density at radius 3 is 2.36 bits per heavy atom. The Bertz CT molecular complexity index is 516. The number of phenols is 2. The summed E-state index contributed by atoms with van der Waals surface area (Å²) in [6.07, 6.45) is 0. The van der Waals surface area contributed by atoms with Gasteiger partial charge >= 0.3 is 0 Å². The van der Waals surface area contributed by atoms with E-state index in [1.165, 1.54) is 12.1 Å². The van der Waals surface area contributed by atoms with Gasteiger partial charge in [0.25, 0.3) is 0 Å². The van der Waals surface area contributed by atoms with Crippen molar-refractivity contribution in [3.63, 3.8) is 0 Å². The van der Waals surface area contributed by atoms with Crippen molar-refractivity contribution in [1.82, 2.24) is 9.97 Å². The zero-order valence-corrected chi connectivity index (χ0v) is 8.21. The molecule has 0 radical (unpaired) electrons. The molecule has 72 valence electrons. The van der Waals surface area contributed by atoms with E-state index in [1.54, 1.807) is 0 Å². The molecule has 14 heavy (non-hydrogen) atoms. The van der Waals surface area contributed by atoms with Crippen LogP contribution in [-0.2, 0) is 0 Å². The Hall–Kier alpha value is -1.26. The summed E-state index contributed by atoms with van der Waals surface area (Å²) in [4.78, 5) is 7.41. The van der Waals surface area contributed by atoms with Crippen molar-refractivity contribution in [2.24, 2.45) is 0 Å². The summed E-state index contributed by atoms with van der Waals surface area (Å²) in [6, 6.07) is 2.61. The van der Waals surface area contributed by atoms with Gasteiger partial charge in [-0.15, -0.1) is 0 Å². The molecule has 0 unspecified atom stereocenters. The molecule has 0 aliphatic rings. The van der Waals surface area contributed by atoms with Crippen LogP contribution in [0.5, 0.6) is 11.5 Å². The first-order chi connectivity index (χ1) is 6.59. The molecule has 0 saturated carbocycles. The molecule has 0 aliphatic heterocycles. The van der Waals surface area contributed by atoms with Crippen molar-refractivity contribution >= 4 is 34.1 Å². The molecule has 1 aromatic carbocycles. The van der Waals surface area contributed by atoms with Gasteiger partial charge < -0.3 is 10.2 Å². The van der Waals surface area contributed by atoms with Crippen LogP contribution in [-0.4, -0.2) is 20.2 Å². The molecule has 0 aliphatic carbocycles. The molecule has 0 bridgehead atoms. The van der Waals surface area contributed by atoms with Gasteiger partial charge in [0, 0.05) is 0 Å². The van der Waals surface area contributed by atoms with Crippen LogP contribution in [0.25, 0.3) is 10.9 Å². The average Bonchev–Trinajstić information content (AvgIpc) is 2.10. The predicted octanol–water partition coefficient (Wildman–Crippen LogP) is 2.35. The number of nitrogens with zero attached hydrogens (tertiary/aromatic N) is 2. The van der Waals surface area contributed by atoms with Crippen molar-refractivity contribution in [2.75, 3.05) is 0 Å². The van der Waals surface area contributed by atoms with Crippen molar-refractivity contribution < 1.29 is 10.2 Å². The van der Waals surface area contributed by atoms with Crippen molar-refractivity contribution in [2.45, 2.75) is 0 Å². The SMILES string of the molecule is Oc1ccc(O)c2c(Cl)nc(Cl)nc12. The highest BCUT2D eigenvalue weighted by atomic mass is 35.5. The van der Waals surface area contributed by atoms with E-state index in [9.17, 15) is 10.2 Å². The summed E-state index contributed by atoms with van der Waals surface area (Å²) in [6.45, 7) is 0. The van der Waals surface area contributed by atoms with Crippen LogP contribution in [0.15, 0.2) is 12.1 Å². The van der Waals surface area contributed by atoms with E-state index in [-0.39, 0.29) is 32.8 Å². The zero-order valence-electron chi connectivity index (χ0n) is 6.70. The fraction of sp³-hybridized carbons (Fsp3) is 0. The number of rotatable bonds is 0. The number of aromatic hydroxyl groups is 2. The summed E-state index contributed by atoms with van der Waals surface area (Å²) in [5.41, 5.74) is 0.134. The van der Waals surface area contributed by atoms with Gasteiger partial charge in [-0.25, -0.2) is 9.97 Å². The fourth-order valence-corrected chi connectivity index (χ4v) is 1.62. The van der Waals surface area contributed by atoms with E-state index in [4.69, 9.17) is 23.2 Å². The number of hydrogen-bond donors (Lipinski definition) is 2. The first-order valence-electron chi connectivity index (χ1n) is 3.63. The number of hydrogen-bond acceptors (Lipinski definition) is 4. The van der Waals surface area contributed by atoms with Gasteiger partial charge in [0.1, 0.15) is 22.2 Å². The quantitative estimate of drug-likeness (QED) is 0.415. The molecule has 0 spiro atoms. The lowest BCUT2D eigenvalue weighted by Crippen LogP contribution is -1.87. The minimum absolute atomic E-state index is 0.00778. The number of phenolic OH excluding ortho intramolecular Hbond substituents is 2. The predicted molar refractivity (Wildman–Crippen MR) is 52.9 cm³/mol. The van der Waals surface area contributed by atoms with Gasteiger partial charge in [0.15, 0.2) is 0 Å². The second-order valence-electron chi connectivity index (χ2n) is 2.61. The highest BCUT2D eigenvalue weighted by Crippen LogP contribution is 2.34. The standard InChI is InChI=1S/C8H4Cl2N2O2/c9-7-5-3(13)1-2-4(14)6(5)11-8(10)12-7/h1-2,13-14H. The Balaban J connectivity index is 3.00. The smallest absolute Gasteiger partial charge is 0.224 e. The second kappa shape index (κ2) is 3.15. The van der Waals surface area contributed by atoms with Gasteiger partial charge in [-0.2, -0.15) is 0 Å². The first kappa shape index (κ1) is 9.30. The molecule has 4 nitrogen and oxygen atoms in total. The van der Waals surface area contributed by atoms with Crippen LogP contribution in [0.1, 0.15) is 0 Å². The normalized spacial score (nSPS) is 10.7. The van der Waals surface area contributed by atoms with E-state index < -0.39 is 0 Å². The monoisotopic (exact) mass is 230 g/mol. The lowest BCUT2D eigenvalue weighted by Gasteiger charge is -2.03. The molecule has 2 N–H and O–H groups in total. The van der Waals surface area contributed by atoms with Gasteiger partial charge in [0.05, 0.1) is 5.39 Å². The number of halogens is 2. The molecular formula is C8H4Cl2N2O2. The van der Waals surface area contributed by atoms with Gasteiger partial charge in [-0.3, -0.25) is 0 Å². The van der Waals surface area contributed by atoms with Gasteiger partial charge in [0.2, 0.25) is 5.28 Å². The maximum absolute atomic E-state index is 9.45. The van der Waals surface area contributed by atoms with Gasteiger partial charge in [-0.05, 0) is 23.7 Å². The van der Waals surface area contributed by atoms with Crippen LogP contribution in [0.4, 0.5) is 0 Å². The minimum atomic E-state index is -0.107. The van der Waals surface area contributed by atoms with Crippen LogP contribution in [0.3, 0.4) is 0 Å². The van der Waals surface area contributed by atoms with E-state index in [1.807, 2.05) is 0 Å². The van der Waals surface area contributed by atoms with Crippen LogP contribution in [0, 0.1) is 0 Å². The Morgan fingerprint density at radius 2 is 1.64 bits per heavy atom. The molecular weight excluding hydrogens is 227 g/mol. The molecule has 6 heteroatoms. The maximum atomic E-state index is 9.45. The molecule has 0 atom stereocenters. The lowest BCUT2D eigenvalue weighted by molar-refractivity contribution is 0.468. The lowest BCUT2D eigenvalue weighted by atomic mass is 10.2. The molecule has 2 rings (SSSR count). The molecule has 2 aromatic rings. The third-order valence-electron chi connectivity index (χ3n) is 1.74.